The number of hydrogen-bond donors (Lipinski definition) is 1. The molecule has 0 spiro atoms. The molecule has 1 aliphatic rings. The van der Waals surface area contributed by atoms with Gasteiger partial charge in [-0.1, -0.05) is 24.6 Å². The number of para-hydroxylation sites is 1. The summed E-state index contributed by atoms with van der Waals surface area (Å²) in [5, 5.41) is 0.768. The fraction of sp³-hybridized carbons (Fsp3) is 0.500. The molecular weight excluding hydrogens is 208 g/mol. The Kier molecular flexibility index (Phi) is 3.06. The van der Waals surface area contributed by atoms with Crippen LogP contribution in [-0.2, 0) is 0 Å². The van der Waals surface area contributed by atoms with E-state index in [-0.39, 0.29) is 0 Å². The molecule has 0 bridgehead atoms. The second-order valence-corrected chi connectivity index (χ2v) is 4.78. The van der Waals surface area contributed by atoms with Crippen LogP contribution in [0, 0.1) is 5.92 Å². The molecular formula is C12H17ClN2. The maximum atomic E-state index is 6.19. The molecule has 1 atom stereocenters. The molecule has 82 valence electrons. The second kappa shape index (κ2) is 4.31. The van der Waals surface area contributed by atoms with Gasteiger partial charge in [0.25, 0.3) is 0 Å². The highest BCUT2D eigenvalue weighted by atomic mass is 35.5. The number of anilines is 2. The fourth-order valence-electron chi connectivity index (χ4n) is 2.26. The van der Waals surface area contributed by atoms with Gasteiger partial charge < -0.3 is 10.6 Å². The largest absolute Gasteiger partial charge is 0.397 e. The van der Waals surface area contributed by atoms with Crippen LogP contribution in [0.2, 0.25) is 5.02 Å². The van der Waals surface area contributed by atoms with Crippen molar-refractivity contribution < 1.29 is 0 Å². The highest BCUT2D eigenvalue weighted by Crippen LogP contribution is 2.34. The van der Waals surface area contributed by atoms with E-state index in [0.29, 0.717) is 0 Å². The van der Waals surface area contributed by atoms with E-state index in [2.05, 4.69) is 11.8 Å². The normalized spacial score (nSPS) is 21.7. The molecule has 1 aromatic carbocycles. The van der Waals surface area contributed by atoms with E-state index in [4.69, 9.17) is 17.3 Å². The Hall–Kier alpha value is -0.890. The third-order valence-corrected chi connectivity index (χ3v) is 3.30. The number of nitrogens with two attached hydrogens (primary N) is 1. The predicted molar refractivity (Wildman–Crippen MR) is 66.5 cm³/mol. The molecule has 2 rings (SSSR count). The lowest BCUT2D eigenvalue weighted by molar-refractivity contribution is 0.447. The van der Waals surface area contributed by atoms with E-state index >= 15 is 0 Å². The third-order valence-electron chi connectivity index (χ3n) is 2.99. The minimum Gasteiger partial charge on any atom is -0.397 e. The standard InChI is InChI=1S/C12H17ClN2/c1-9-4-3-7-15(8-9)12-10(13)5-2-6-11(12)14/h2,5-6,9H,3-4,7-8,14H2,1H3. The molecule has 1 aliphatic heterocycles. The molecule has 1 saturated heterocycles. The zero-order valence-corrected chi connectivity index (χ0v) is 9.80. The minimum atomic E-state index is 0.731. The number of piperidine rings is 1. The molecule has 1 aromatic rings. The first-order valence-electron chi connectivity index (χ1n) is 5.47. The Morgan fingerprint density at radius 3 is 2.93 bits per heavy atom. The minimum absolute atomic E-state index is 0.731. The van der Waals surface area contributed by atoms with Crippen LogP contribution in [0.1, 0.15) is 19.8 Å². The van der Waals surface area contributed by atoms with Gasteiger partial charge in [-0.2, -0.15) is 0 Å². The molecule has 2 nitrogen and oxygen atoms in total. The first kappa shape index (κ1) is 10.6. The van der Waals surface area contributed by atoms with E-state index in [1.54, 1.807) is 0 Å². The van der Waals surface area contributed by atoms with Crippen molar-refractivity contribution in [2.75, 3.05) is 23.7 Å². The van der Waals surface area contributed by atoms with Gasteiger partial charge in [0.1, 0.15) is 0 Å². The molecule has 0 amide bonds. The average Bonchev–Trinajstić information content (AvgIpc) is 2.17. The number of halogens is 1. The topological polar surface area (TPSA) is 29.3 Å². The van der Waals surface area contributed by atoms with Crippen molar-refractivity contribution in [1.82, 2.24) is 0 Å². The van der Waals surface area contributed by atoms with Crippen LogP contribution in [0.15, 0.2) is 18.2 Å². The number of nitrogens with zero attached hydrogens (tertiary/aromatic N) is 1. The Labute approximate surface area is 96.0 Å². The summed E-state index contributed by atoms with van der Waals surface area (Å²) in [5.74, 6) is 0.731. The average molecular weight is 225 g/mol. The smallest absolute Gasteiger partial charge is 0.0789 e. The summed E-state index contributed by atoms with van der Waals surface area (Å²) >= 11 is 6.19. The molecule has 0 aromatic heterocycles. The van der Waals surface area contributed by atoms with E-state index in [1.807, 2.05) is 18.2 Å². The van der Waals surface area contributed by atoms with E-state index in [1.165, 1.54) is 12.8 Å². The molecule has 1 unspecified atom stereocenters. The van der Waals surface area contributed by atoms with Crippen LogP contribution >= 0.6 is 11.6 Å². The van der Waals surface area contributed by atoms with Crippen molar-refractivity contribution in [3.8, 4) is 0 Å². The summed E-state index contributed by atoms with van der Waals surface area (Å²) in [6.07, 6.45) is 2.53. The maximum absolute atomic E-state index is 6.19. The van der Waals surface area contributed by atoms with Crippen molar-refractivity contribution in [3.05, 3.63) is 23.2 Å². The molecule has 2 N–H and O–H groups in total. The van der Waals surface area contributed by atoms with Gasteiger partial charge >= 0.3 is 0 Å². The SMILES string of the molecule is CC1CCCN(c2c(N)cccc2Cl)C1. The van der Waals surface area contributed by atoms with Gasteiger partial charge in [0.2, 0.25) is 0 Å². The van der Waals surface area contributed by atoms with Gasteiger partial charge in [-0.3, -0.25) is 0 Å². The Bertz CT molecular complexity index is 331. The highest BCUT2D eigenvalue weighted by molar-refractivity contribution is 6.34. The van der Waals surface area contributed by atoms with Gasteiger partial charge in [-0.25, -0.2) is 0 Å². The summed E-state index contributed by atoms with van der Waals surface area (Å²) in [5.41, 5.74) is 7.78. The first-order valence-corrected chi connectivity index (χ1v) is 5.85. The second-order valence-electron chi connectivity index (χ2n) is 4.37. The lowest BCUT2D eigenvalue weighted by atomic mass is 9.99. The highest BCUT2D eigenvalue weighted by Gasteiger charge is 2.19. The van der Waals surface area contributed by atoms with Crippen LogP contribution in [0.3, 0.4) is 0 Å². The first-order chi connectivity index (χ1) is 7.18. The van der Waals surface area contributed by atoms with Crippen molar-refractivity contribution in [2.24, 2.45) is 5.92 Å². The van der Waals surface area contributed by atoms with Crippen molar-refractivity contribution >= 4 is 23.0 Å². The van der Waals surface area contributed by atoms with Crippen LogP contribution in [0.4, 0.5) is 11.4 Å². The van der Waals surface area contributed by atoms with Crippen molar-refractivity contribution in [3.63, 3.8) is 0 Å². The monoisotopic (exact) mass is 224 g/mol. The summed E-state index contributed by atoms with van der Waals surface area (Å²) in [6.45, 7) is 4.41. The molecule has 0 aliphatic carbocycles. The van der Waals surface area contributed by atoms with Gasteiger partial charge in [0, 0.05) is 13.1 Å². The van der Waals surface area contributed by atoms with Crippen molar-refractivity contribution in [1.29, 1.82) is 0 Å². The summed E-state index contributed by atoms with van der Waals surface area (Å²) in [6, 6.07) is 5.72. The number of rotatable bonds is 1. The molecule has 1 fully saturated rings. The van der Waals surface area contributed by atoms with Crippen LogP contribution < -0.4 is 10.6 Å². The van der Waals surface area contributed by atoms with Crippen LogP contribution in [0.5, 0.6) is 0 Å². The molecule has 1 heterocycles. The third kappa shape index (κ3) is 2.20. The summed E-state index contributed by atoms with van der Waals surface area (Å²) < 4.78 is 0. The zero-order valence-electron chi connectivity index (χ0n) is 9.04. The number of benzene rings is 1. The quantitative estimate of drug-likeness (QED) is 0.743. The fourth-order valence-corrected chi connectivity index (χ4v) is 2.56. The van der Waals surface area contributed by atoms with E-state index < -0.39 is 0 Å². The number of hydrogen-bond acceptors (Lipinski definition) is 2. The Morgan fingerprint density at radius 1 is 1.47 bits per heavy atom. The molecule has 0 saturated carbocycles. The molecule has 15 heavy (non-hydrogen) atoms. The van der Waals surface area contributed by atoms with Gasteiger partial charge in [-0.15, -0.1) is 0 Å². The Morgan fingerprint density at radius 2 is 2.27 bits per heavy atom. The summed E-state index contributed by atoms with van der Waals surface area (Å²) in [7, 11) is 0. The Balaban J connectivity index is 2.28. The maximum Gasteiger partial charge on any atom is 0.0789 e. The zero-order chi connectivity index (χ0) is 10.8. The number of nitrogen functional groups attached to an aromatic ring is 1. The lowest BCUT2D eigenvalue weighted by Gasteiger charge is -2.34. The van der Waals surface area contributed by atoms with Crippen LogP contribution in [-0.4, -0.2) is 13.1 Å². The van der Waals surface area contributed by atoms with Gasteiger partial charge in [-0.05, 0) is 30.9 Å². The van der Waals surface area contributed by atoms with E-state index in [9.17, 15) is 0 Å². The lowest BCUT2D eigenvalue weighted by Crippen LogP contribution is -2.34. The van der Waals surface area contributed by atoms with Crippen molar-refractivity contribution in [2.45, 2.75) is 19.8 Å². The van der Waals surface area contributed by atoms with Gasteiger partial charge in [0.15, 0.2) is 0 Å². The predicted octanol–water partition coefficient (Wildman–Crippen LogP) is 3.16. The van der Waals surface area contributed by atoms with E-state index in [0.717, 1.165) is 35.4 Å². The molecule has 3 heteroatoms. The van der Waals surface area contributed by atoms with Crippen LogP contribution in [0.25, 0.3) is 0 Å². The summed E-state index contributed by atoms with van der Waals surface area (Å²) in [4.78, 5) is 2.31. The molecule has 0 radical (unpaired) electrons. The van der Waals surface area contributed by atoms with Gasteiger partial charge in [0.05, 0.1) is 16.4 Å².